The molecule has 6 heteroatoms. The van der Waals surface area contributed by atoms with Crippen LogP contribution in [0.4, 0.5) is 17.6 Å². The largest absolute Gasteiger partial charge is 0.416 e. The third kappa shape index (κ3) is 3.51. The van der Waals surface area contributed by atoms with Gasteiger partial charge in [0.15, 0.2) is 0 Å². The third-order valence-electron chi connectivity index (χ3n) is 4.87. The molecule has 0 aliphatic carbocycles. The van der Waals surface area contributed by atoms with Crippen LogP contribution in [-0.4, -0.2) is 29.1 Å². The zero-order valence-electron chi connectivity index (χ0n) is 12.7. The van der Waals surface area contributed by atoms with E-state index in [-0.39, 0.29) is 24.4 Å². The van der Waals surface area contributed by atoms with E-state index in [2.05, 4.69) is 0 Å². The Morgan fingerprint density at radius 2 is 1.65 bits per heavy atom. The lowest BCUT2D eigenvalue weighted by atomic mass is 9.99. The Kier molecular flexibility index (Phi) is 4.34. The lowest BCUT2D eigenvalue weighted by Crippen LogP contribution is -2.47. The van der Waals surface area contributed by atoms with Crippen LogP contribution in [0.15, 0.2) is 24.3 Å². The molecular weight excluding hydrogens is 310 g/mol. The van der Waals surface area contributed by atoms with Crippen molar-refractivity contribution in [3.8, 4) is 0 Å². The van der Waals surface area contributed by atoms with Gasteiger partial charge >= 0.3 is 6.18 Å². The van der Waals surface area contributed by atoms with E-state index in [1.807, 2.05) is 4.90 Å². The summed E-state index contributed by atoms with van der Waals surface area (Å²) in [5.41, 5.74) is 0.0229. The number of halogens is 4. The molecule has 2 fully saturated rings. The van der Waals surface area contributed by atoms with E-state index < -0.39 is 17.9 Å². The number of carbonyl (C=O) groups is 1. The quantitative estimate of drug-likeness (QED) is 0.764. The minimum atomic E-state index is -4.34. The minimum Gasteiger partial charge on any atom is -0.337 e. The van der Waals surface area contributed by atoms with Crippen molar-refractivity contribution in [2.75, 3.05) is 0 Å². The summed E-state index contributed by atoms with van der Waals surface area (Å²) in [4.78, 5) is 14.2. The zero-order valence-corrected chi connectivity index (χ0v) is 12.7. The van der Waals surface area contributed by atoms with E-state index in [1.165, 1.54) is 12.1 Å². The van der Waals surface area contributed by atoms with Gasteiger partial charge in [0.1, 0.15) is 6.17 Å². The maximum Gasteiger partial charge on any atom is 0.416 e. The van der Waals surface area contributed by atoms with Gasteiger partial charge in [-0.25, -0.2) is 4.39 Å². The van der Waals surface area contributed by atoms with Crippen LogP contribution in [0.25, 0.3) is 0 Å². The topological polar surface area (TPSA) is 20.3 Å². The number of alkyl halides is 4. The van der Waals surface area contributed by atoms with Gasteiger partial charge in [-0.15, -0.1) is 0 Å². The van der Waals surface area contributed by atoms with Gasteiger partial charge in [0.25, 0.3) is 0 Å². The summed E-state index contributed by atoms with van der Waals surface area (Å²) in [5.74, 6) is -0.00991. The van der Waals surface area contributed by atoms with E-state index >= 15 is 0 Å². The van der Waals surface area contributed by atoms with Gasteiger partial charge in [0.05, 0.1) is 5.56 Å². The molecule has 0 saturated carbocycles. The second-order valence-corrected chi connectivity index (χ2v) is 6.45. The Balaban J connectivity index is 1.57. The number of hydrogen-bond acceptors (Lipinski definition) is 1. The SMILES string of the molecule is O=C(CCc1ccc(C(F)(F)F)cc1)N1C2CCC1CC(F)C2. The van der Waals surface area contributed by atoms with Gasteiger partial charge in [0, 0.05) is 18.5 Å². The van der Waals surface area contributed by atoms with Gasteiger partial charge < -0.3 is 4.90 Å². The summed E-state index contributed by atoms with van der Waals surface area (Å²) in [6.45, 7) is 0. The number of nitrogens with zero attached hydrogens (tertiary/aromatic N) is 1. The molecular formula is C17H19F4NO. The van der Waals surface area contributed by atoms with Crippen LogP contribution in [0.2, 0.25) is 0 Å². The number of hydrogen-bond donors (Lipinski definition) is 0. The fourth-order valence-electron chi connectivity index (χ4n) is 3.76. The van der Waals surface area contributed by atoms with Crippen molar-refractivity contribution in [3.63, 3.8) is 0 Å². The molecule has 2 aliphatic heterocycles. The molecule has 1 amide bonds. The molecule has 2 bridgehead atoms. The van der Waals surface area contributed by atoms with Gasteiger partial charge in [0.2, 0.25) is 5.91 Å². The number of carbonyl (C=O) groups excluding carboxylic acids is 1. The lowest BCUT2D eigenvalue weighted by molar-refractivity contribution is -0.138. The fraction of sp³-hybridized carbons (Fsp3) is 0.588. The Bertz CT molecular complexity index is 555. The monoisotopic (exact) mass is 329 g/mol. The highest BCUT2D eigenvalue weighted by atomic mass is 19.4. The molecule has 1 aromatic carbocycles. The summed E-state index contributed by atoms with van der Waals surface area (Å²) in [7, 11) is 0. The van der Waals surface area contributed by atoms with Crippen LogP contribution in [0.1, 0.15) is 43.2 Å². The Labute approximate surface area is 132 Å². The molecule has 0 radical (unpaired) electrons. The molecule has 2 heterocycles. The van der Waals surface area contributed by atoms with Gasteiger partial charge in [-0.3, -0.25) is 4.79 Å². The van der Waals surface area contributed by atoms with Crippen molar-refractivity contribution in [2.24, 2.45) is 0 Å². The normalized spacial score (nSPS) is 27.3. The highest BCUT2D eigenvalue weighted by Crippen LogP contribution is 2.37. The smallest absolute Gasteiger partial charge is 0.337 e. The second kappa shape index (κ2) is 6.13. The van der Waals surface area contributed by atoms with E-state index in [4.69, 9.17) is 0 Å². The molecule has 2 unspecified atom stereocenters. The lowest BCUT2D eigenvalue weighted by Gasteiger charge is -2.36. The Hall–Kier alpha value is -1.59. The molecule has 23 heavy (non-hydrogen) atoms. The molecule has 3 rings (SSSR count). The predicted octanol–water partition coefficient (Wildman–Crippen LogP) is 4.13. The summed E-state index contributed by atoms with van der Waals surface area (Å²) < 4.78 is 51.0. The number of rotatable bonds is 3. The molecule has 0 spiro atoms. The average Bonchev–Trinajstić information content (AvgIpc) is 2.76. The Morgan fingerprint density at radius 1 is 1.09 bits per heavy atom. The number of piperidine rings is 1. The summed E-state index contributed by atoms with van der Waals surface area (Å²) in [6.07, 6.45) is -1.93. The average molecular weight is 329 g/mol. The van der Waals surface area contributed by atoms with E-state index in [1.54, 1.807) is 0 Å². The number of amides is 1. The first-order valence-corrected chi connectivity index (χ1v) is 7.96. The molecule has 0 N–H and O–H groups in total. The van der Waals surface area contributed by atoms with Gasteiger partial charge in [-0.1, -0.05) is 12.1 Å². The van der Waals surface area contributed by atoms with Crippen LogP contribution in [0, 0.1) is 0 Å². The fourth-order valence-corrected chi connectivity index (χ4v) is 3.76. The first-order chi connectivity index (χ1) is 10.8. The summed E-state index contributed by atoms with van der Waals surface area (Å²) >= 11 is 0. The highest BCUT2D eigenvalue weighted by Gasteiger charge is 2.42. The molecule has 2 atom stereocenters. The van der Waals surface area contributed by atoms with E-state index in [0.29, 0.717) is 24.8 Å². The highest BCUT2D eigenvalue weighted by molar-refractivity contribution is 5.77. The van der Waals surface area contributed by atoms with Crippen molar-refractivity contribution in [2.45, 2.75) is 63.0 Å². The molecule has 126 valence electrons. The second-order valence-electron chi connectivity index (χ2n) is 6.45. The van der Waals surface area contributed by atoms with Crippen LogP contribution >= 0.6 is 0 Å². The minimum absolute atomic E-state index is 0.00357. The first-order valence-electron chi connectivity index (χ1n) is 7.96. The standard InChI is InChI=1S/C17H19F4NO/c18-13-9-14-6-7-15(10-13)22(14)16(23)8-3-11-1-4-12(5-2-11)17(19,20)21/h1-2,4-5,13-15H,3,6-10H2. The van der Waals surface area contributed by atoms with Crippen LogP contribution in [0.5, 0.6) is 0 Å². The van der Waals surface area contributed by atoms with Crippen LogP contribution < -0.4 is 0 Å². The Morgan fingerprint density at radius 3 is 2.17 bits per heavy atom. The summed E-state index contributed by atoms with van der Waals surface area (Å²) in [5, 5.41) is 0. The van der Waals surface area contributed by atoms with Gasteiger partial charge in [-0.05, 0) is 49.8 Å². The third-order valence-corrected chi connectivity index (χ3v) is 4.87. The maximum atomic E-state index is 13.5. The van der Waals surface area contributed by atoms with Crippen molar-refractivity contribution in [1.29, 1.82) is 0 Å². The molecule has 1 aromatic rings. The van der Waals surface area contributed by atoms with Gasteiger partial charge in [-0.2, -0.15) is 13.2 Å². The number of aryl methyl sites for hydroxylation is 1. The van der Waals surface area contributed by atoms with E-state index in [0.717, 1.165) is 25.0 Å². The first kappa shape index (κ1) is 16.3. The zero-order chi connectivity index (χ0) is 16.6. The van der Waals surface area contributed by atoms with Crippen molar-refractivity contribution in [1.82, 2.24) is 4.90 Å². The molecule has 0 aromatic heterocycles. The van der Waals surface area contributed by atoms with Crippen molar-refractivity contribution < 1.29 is 22.4 Å². The summed E-state index contributed by atoms with van der Waals surface area (Å²) in [6, 6.07) is 4.92. The maximum absolute atomic E-state index is 13.5. The number of fused-ring (bicyclic) bond motifs is 2. The molecule has 2 saturated heterocycles. The van der Waals surface area contributed by atoms with E-state index in [9.17, 15) is 22.4 Å². The predicted molar refractivity (Wildman–Crippen MR) is 77.6 cm³/mol. The molecule has 2 nitrogen and oxygen atoms in total. The van der Waals surface area contributed by atoms with Crippen molar-refractivity contribution in [3.05, 3.63) is 35.4 Å². The van der Waals surface area contributed by atoms with Crippen LogP contribution in [0.3, 0.4) is 0 Å². The van der Waals surface area contributed by atoms with Crippen molar-refractivity contribution >= 4 is 5.91 Å². The van der Waals surface area contributed by atoms with Crippen LogP contribution in [-0.2, 0) is 17.4 Å². The molecule has 2 aliphatic rings. The number of benzene rings is 1.